The van der Waals surface area contributed by atoms with Crippen molar-refractivity contribution < 1.29 is 18.0 Å². The largest absolute Gasteiger partial charge is 0.453 e. The summed E-state index contributed by atoms with van der Waals surface area (Å²) in [7, 11) is 2.01. The van der Waals surface area contributed by atoms with Crippen LogP contribution < -0.4 is 4.90 Å². The standard InChI is InChI=1S/C16H20F3N7O/c1-23-7-9-24(10-8-23)14(27)11-3-2-6-25(11)13-5-4-12-20-21-15(16(17,18)19)26(12)22-13/h4-5,11H,2-3,6-10H2,1H3. The van der Waals surface area contributed by atoms with Crippen molar-refractivity contribution in [1.82, 2.24) is 29.6 Å². The van der Waals surface area contributed by atoms with Crippen LogP contribution in [0.25, 0.3) is 5.65 Å². The zero-order valence-electron chi connectivity index (χ0n) is 14.9. The van der Waals surface area contributed by atoms with Gasteiger partial charge in [0.05, 0.1) is 0 Å². The lowest BCUT2D eigenvalue weighted by Crippen LogP contribution is -2.53. The molecule has 0 aromatic carbocycles. The van der Waals surface area contributed by atoms with Gasteiger partial charge in [0.2, 0.25) is 5.91 Å². The quantitative estimate of drug-likeness (QED) is 0.767. The van der Waals surface area contributed by atoms with Gasteiger partial charge in [0, 0.05) is 32.7 Å². The Labute approximate surface area is 153 Å². The maximum Gasteiger partial charge on any atom is 0.453 e. The molecule has 2 aromatic rings. The van der Waals surface area contributed by atoms with Crippen LogP contribution in [0.3, 0.4) is 0 Å². The molecule has 0 radical (unpaired) electrons. The monoisotopic (exact) mass is 383 g/mol. The Hall–Kier alpha value is -2.43. The highest BCUT2D eigenvalue weighted by Crippen LogP contribution is 2.29. The van der Waals surface area contributed by atoms with Crippen molar-refractivity contribution in [1.29, 1.82) is 0 Å². The van der Waals surface area contributed by atoms with Gasteiger partial charge >= 0.3 is 6.18 Å². The maximum absolute atomic E-state index is 13.1. The predicted molar refractivity (Wildman–Crippen MR) is 90.2 cm³/mol. The Morgan fingerprint density at radius 1 is 1.11 bits per heavy atom. The van der Waals surface area contributed by atoms with Gasteiger partial charge in [-0.1, -0.05) is 0 Å². The number of anilines is 1. The minimum Gasteiger partial charge on any atom is -0.343 e. The third kappa shape index (κ3) is 3.31. The number of nitrogens with zero attached hydrogens (tertiary/aromatic N) is 7. The Morgan fingerprint density at radius 2 is 1.85 bits per heavy atom. The molecule has 1 amide bonds. The van der Waals surface area contributed by atoms with Crippen molar-refractivity contribution in [3.63, 3.8) is 0 Å². The molecule has 2 aromatic heterocycles. The summed E-state index contributed by atoms with van der Waals surface area (Å²) in [6, 6.07) is 2.64. The van der Waals surface area contributed by atoms with Crippen LogP contribution in [0.2, 0.25) is 0 Å². The van der Waals surface area contributed by atoms with Gasteiger partial charge in [0.15, 0.2) is 5.65 Å². The SMILES string of the molecule is CN1CCN(C(=O)C2CCCN2c2ccc3nnc(C(F)(F)F)n3n2)CC1. The fourth-order valence-electron chi connectivity index (χ4n) is 3.64. The van der Waals surface area contributed by atoms with E-state index in [-0.39, 0.29) is 11.6 Å². The molecule has 0 aliphatic carbocycles. The lowest BCUT2D eigenvalue weighted by atomic mass is 10.1. The van der Waals surface area contributed by atoms with E-state index in [1.165, 1.54) is 6.07 Å². The first-order chi connectivity index (χ1) is 12.8. The number of hydrogen-bond donors (Lipinski definition) is 0. The number of piperazine rings is 1. The first-order valence-corrected chi connectivity index (χ1v) is 8.88. The first-order valence-electron chi connectivity index (χ1n) is 8.88. The number of halogens is 3. The summed E-state index contributed by atoms with van der Waals surface area (Å²) in [6.07, 6.45) is -3.19. The van der Waals surface area contributed by atoms with Gasteiger partial charge in [-0.2, -0.15) is 17.7 Å². The average Bonchev–Trinajstić information content (AvgIpc) is 3.27. The van der Waals surface area contributed by atoms with Crippen LogP contribution >= 0.6 is 0 Å². The zero-order chi connectivity index (χ0) is 19.2. The van der Waals surface area contributed by atoms with Crippen LogP contribution in [-0.4, -0.2) is 81.3 Å². The molecule has 0 N–H and O–H groups in total. The zero-order valence-corrected chi connectivity index (χ0v) is 14.9. The van der Waals surface area contributed by atoms with Gasteiger partial charge in [0.25, 0.3) is 5.82 Å². The number of likely N-dealkylation sites (N-methyl/N-ethyl adjacent to an activating group) is 1. The highest BCUT2D eigenvalue weighted by atomic mass is 19.4. The first kappa shape index (κ1) is 18.0. The number of aromatic nitrogens is 4. The summed E-state index contributed by atoms with van der Waals surface area (Å²) in [5, 5.41) is 10.8. The van der Waals surface area contributed by atoms with Crippen molar-refractivity contribution in [2.45, 2.75) is 25.1 Å². The third-order valence-electron chi connectivity index (χ3n) is 5.15. The van der Waals surface area contributed by atoms with Crippen molar-refractivity contribution in [3.8, 4) is 0 Å². The summed E-state index contributed by atoms with van der Waals surface area (Å²) in [6.45, 7) is 3.54. The summed E-state index contributed by atoms with van der Waals surface area (Å²) in [4.78, 5) is 18.7. The minimum atomic E-state index is -4.65. The van der Waals surface area contributed by atoms with E-state index in [2.05, 4.69) is 20.2 Å². The van der Waals surface area contributed by atoms with E-state index in [0.29, 0.717) is 36.4 Å². The Kier molecular flexibility index (Phi) is 4.41. The van der Waals surface area contributed by atoms with Gasteiger partial charge in [0.1, 0.15) is 11.9 Å². The number of carbonyl (C=O) groups excluding carboxylic acids is 1. The molecule has 4 rings (SSSR count). The van der Waals surface area contributed by atoms with Crippen LogP contribution in [-0.2, 0) is 11.0 Å². The Bertz CT molecular complexity index is 844. The molecule has 2 aliphatic heterocycles. The van der Waals surface area contributed by atoms with E-state index in [1.807, 2.05) is 11.9 Å². The number of hydrogen-bond acceptors (Lipinski definition) is 6. The lowest BCUT2D eigenvalue weighted by Gasteiger charge is -2.36. The Balaban J connectivity index is 1.61. The van der Waals surface area contributed by atoms with E-state index >= 15 is 0 Å². The van der Waals surface area contributed by atoms with Gasteiger partial charge in [-0.15, -0.1) is 15.3 Å². The summed E-state index contributed by atoms with van der Waals surface area (Å²) in [5.74, 6) is -0.819. The molecule has 146 valence electrons. The molecule has 1 atom stereocenters. The predicted octanol–water partition coefficient (Wildman–Crippen LogP) is 0.886. The van der Waals surface area contributed by atoms with Crippen LogP contribution in [0.5, 0.6) is 0 Å². The van der Waals surface area contributed by atoms with Crippen molar-refractivity contribution in [2.75, 3.05) is 44.7 Å². The van der Waals surface area contributed by atoms with Gasteiger partial charge in [-0.25, -0.2) is 0 Å². The smallest absolute Gasteiger partial charge is 0.343 e. The molecule has 8 nitrogen and oxygen atoms in total. The molecule has 1 unspecified atom stereocenters. The second-order valence-electron chi connectivity index (χ2n) is 6.96. The molecular weight excluding hydrogens is 363 g/mol. The molecule has 0 spiro atoms. The number of fused-ring (bicyclic) bond motifs is 1. The van der Waals surface area contributed by atoms with E-state index in [9.17, 15) is 18.0 Å². The fourth-order valence-corrected chi connectivity index (χ4v) is 3.64. The molecular formula is C16H20F3N7O. The minimum absolute atomic E-state index is 0.0160. The van der Waals surface area contributed by atoms with Crippen LogP contribution in [0.1, 0.15) is 18.7 Å². The van der Waals surface area contributed by atoms with Crippen LogP contribution in [0.15, 0.2) is 12.1 Å². The van der Waals surface area contributed by atoms with Crippen molar-refractivity contribution >= 4 is 17.4 Å². The number of amides is 1. The molecule has 2 fully saturated rings. The second-order valence-corrected chi connectivity index (χ2v) is 6.96. The number of carbonyl (C=O) groups is 1. The van der Waals surface area contributed by atoms with Crippen molar-refractivity contribution in [3.05, 3.63) is 18.0 Å². The third-order valence-corrected chi connectivity index (χ3v) is 5.15. The number of rotatable bonds is 2. The molecule has 0 bridgehead atoms. The van der Waals surface area contributed by atoms with Gasteiger partial charge < -0.3 is 14.7 Å². The maximum atomic E-state index is 13.1. The summed E-state index contributed by atoms with van der Waals surface area (Å²) >= 11 is 0. The van der Waals surface area contributed by atoms with Crippen molar-refractivity contribution in [2.24, 2.45) is 0 Å². The van der Waals surface area contributed by atoms with Crippen LogP contribution in [0.4, 0.5) is 19.0 Å². The van der Waals surface area contributed by atoms with Gasteiger partial charge in [-0.05, 0) is 32.0 Å². The van der Waals surface area contributed by atoms with Crippen LogP contribution in [0, 0.1) is 0 Å². The fraction of sp³-hybridized carbons (Fsp3) is 0.625. The highest BCUT2D eigenvalue weighted by molar-refractivity contribution is 5.85. The number of alkyl halides is 3. The second kappa shape index (κ2) is 6.63. The molecule has 27 heavy (non-hydrogen) atoms. The Morgan fingerprint density at radius 3 is 2.56 bits per heavy atom. The lowest BCUT2D eigenvalue weighted by molar-refractivity contribution is -0.146. The van der Waals surface area contributed by atoms with E-state index in [4.69, 9.17) is 0 Å². The molecule has 4 heterocycles. The molecule has 11 heteroatoms. The van der Waals surface area contributed by atoms with E-state index in [1.54, 1.807) is 11.0 Å². The summed E-state index contributed by atoms with van der Waals surface area (Å²) < 4.78 is 40.0. The molecule has 0 saturated carbocycles. The topological polar surface area (TPSA) is 69.9 Å². The molecule has 2 aliphatic rings. The van der Waals surface area contributed by atoms with Gasteiger partial charge in [-0.3, -0.25) is 4.79 Å². The normalized spacial score (nSPS) is 22.0. The van der Waals surface area contributed by atoms with E-state index in [0.717, 1.165) is 19.5 Å². The molecule has 2 saturated heterocycles. The average molecular weight is 383 g/mol. The summed E-state index contributed by atoms with van der Waals surface area (Å²) in [5.41, 5.74) is 0.0206. The van der Waals surface area contributed by atoms with E-state index < -0.39 is 18.0 Å². The highest BCUT2D eigenvalue weighted by Gasteiger charge is 2.39.